The van der Waals surface area contributed by atoms with E-state index in [1.807, 2.05) is 13.0 Å². The van der Waals surface area contributed by atoms with E-state index in [1.54, 1.807) is 24.7 Å². The van der Waals surface area contributed by atoms with Gasteiger partial charge in [0.2, 0.25) is 5.89 Å². The summed E-state index contributed by atoms with van der Waals surface area (Å²) in [6.07, 6.45) is 5.03. The van der Waals surface area contributed by atoms with E-state index in [0.717, 1.165) is 5.56 Å². The van der Waals surface area contributed by atoms with Crippen molar-refractivity contribution in [2.24, 2.45) is 0 Å². The van der Waals surface area contributed by atoms with E-state index in [0.29, 0.717) is 28.4 Å². The first-order valence-electron chi connectivity index (χ1n) is 5.17. The molecule has 3 aromatic heterocycles. The lowest BCUT2D eigenvalue weighted by atomic mass is 10.2. The van der Waals surface area contributed by atoms with Crippen molar-refractivity contribution in [3.8, 4) is 11.5 Å². The number of aryl methyl sites for hydroxylation is 1. The second-order valence-corrected chi connectivity index (χ2v) is 3.81. The number of oxazole rings is 1. The number of hydrogen-bond acceptors (Lipinski definition) is 5. The molecule has 3 rings (SSSR count). The molecule has 0 radical (unpaired) electrons. The van der Waals surface area contributed by atoms with Crippen LogP contribution in [0.3, 0.4) is 0 Å². The fraction of sp³-hybridized carbons (Fsp3) is 0.0833. The van der Waals surface area contributed by atoms with Gasteiger partial charge in [-0.2, -0.15) is 0 Å². The van der Waals surface area contributed by atoms with Crippen LogP contribution in [0.5, 0.6) is 0 Å². The van der Waals surface area contributed by atoms with Gasteiger partial charge < -0.3 is 10.2 Å². The zero-order valence-electron chi connectivity index (χ0n) is 9.21. The first-order chi connectivity index (χ1) is 8.24. The van der Waals surface area contributed by atoms with E-state index in [1.165, 1.54) is 0 Å². The zero-order chi connectivity index (χ0) is 11.8. The Kier molecular flexibility index (Phi) is 2.04. The minimum absolute atomic E-state index is 0.412. The smallest absolute Gasteiger partial charge is 0.231 e. The maximum Gasteiger partial charge on any atom is 0.231 e. The second-order valence-electron chi connectivity index (χ2n) is 3.81. The van der Waals surface area contributed by atoms with Gasteiger partial charge in [0.25, 0.3) is 0 Å². The molecule has 0 aromatic carbocycles. The molecule has 0 spiro atoms. The number of pyridine rings is 2. The van der Waals surface area contributed by atoms with Crippen LogP contribution in [0.15, 0.2) is 35.1 Å². The topological polar surface area (TPSA) is 77.8 Å². The van der Waals surface area contributed by atoms with Crippen molar-refractivity contribution in [2.75, 3.05) is 5.73 Å². The predicted molar refractivity (Wildman–Crippen MR) is 64.2 cm³/mol. The Labute approximate surface area is 97.3 Å². The van der Waals surface area contributed by atoms with Crippen molar-refractivity contribution < 1.29 is 4.42 Å². The van der Waals surface area contributed by atoms with Crippen LogP contribution >= 0.6 is 0 Å². The molecule has 0 saturated carbocycles. The van der Waals surface area contributed by atoms with Gasteiger partial charge in [-0.25, -0.2) is 9.97 Å². The van der Waals surface area contributed by atoms with Crippen molar-refractivity contribution in [1.82, 2.24) is 15.0 Å². The monoisotopic (exact) mass is 226 g/mol. The summed E-state index contributed by atoms with van der Waals surface area (Å²) in [5.41, 5.74) is 8.94. The summed E-state index contributed by atoms with van der Waals surface area (Å²) in [5.74, 6) is 0.886. The van der Waals surface area contributed by atoms with Crippen LogP contribution in [-0.4, -0.2) is 15.0 Å². The van der Waals surface area contributed by atoms with E-state index in [4.69, 9.17) is 10.2 Å². The van der Waals surface area contributed by atoms with Crippen LogP contribution in [0, 0.1) is 6.92 Å². The van der Waals surface area contributed by atoms with Gasteiger partial charge in [-0.1, -0.05) is 0 Å². The Hall–Kier alpha value is -2.43. The summed E-state index contributed by atoms with van der Waals surface area (Å²) < 4.78 is 5.62. The van der Waals surface area contributed by atoms with E-state index in [-0.39, 0.29) is 0 Å². The van der Waals surface area contributed by atoms with E-state index >= 15 is 0 Å². The zero-order valence-corrected chi connectivity index (χ0v) is 9.21. The Morgan fingerprint density at radius 1 is 1.29 bits per heavy atom. The number of anilines is 1. The Balaban J connectivity index is 2.23. The first-order valence-corrected chi connectivity index (χ1v) is 5.17. The number of nitrogens with zero attached hydrogens (tertiary/aromatic N) is 3. The quantitative estimate of drug-likeness (QED) is 0.688. The number of nitrogens with two attached hydrogens (primary N) is 1. The lowest BCUT2D eigenvalue weighted by Gasteiger charge is -2.00. The second kappa shape index (κ2) is 3.55. The molecular weight excluding hydrogens is 216 g/mol. The fourth-order valence-corrected chi connectivity index (χ4v) is 1.65. The molecule has 2 N–H and O–H groups in total. The maximum atomic E-state index is 5.82. The number of fused-ring (bicyclic) bond motifs is 1. The normalized spacial score (nSPS) is 10.9. The number of nitrogen functional groups attached to an aromatic ring is 1. The van der Waals surface area contributed by atoms with Gasteiger partial charge in [0.1, 0.15) is 11.3 Å². The van der Waals surface area contributed by atoms with E-state index < -0.39 is 0 Å². The Morgan fingerprint density at radius 2 is 2.18 bits per heavy atom. The predicted octanol–water partition coefficient (Wildman–Crippen LogP) is 2.18. The largest absolute Gasteiger partial charge is 0.436 e. The van der Waals surface area contributed by atoms with Crippen LogP contribution < -0.4 is 5.73 Å². The Bertz CT molecular complexity index is 657. The third-order valence-corrected chi connectivity index (χ3v) is 2.48. The van der Waals surface area contributed by atoms with Crippen molar-refractivity contribution in [3.05, 3.63) is 36.3 Å². The van der Waals surface area contributed by atoms with Gasteiger partial charge >= 0.3 is 0 Å². The van der Waals surface area contributed by atoms with Crippen molar-refractivity contribution in [1.29, 1.82) is 0 Å². The molecule has 5 nitrogen and oxygen atoms in total. The van der Waals surface area contributed by atoms with Crippen molar-refractivity contribution in [3.63, 3.8) is 0 Å². The molecule has 0 amide bonds. The van der Waals surface area contributed by atoms with Gasteiger partial charge in [0.05, 0.1) is 11.8 Å². The molecule has 0 unspecified atom stereocenters. The molecule has 17 heavy (non-hydrogen) atoms. The van der Waals surface area contributed by atoms with Crippen molar-refractivity contribution >= 4 is 16.9 Å². The molecule has 84 valence electrons. The summed E-state index contributed by atoms with van der Waals surface area (Å²) in [4.78, 5) is 12.4. The standard InChI is InChI=1S/C12H10N4O/c1-7-4-8(11(13)15-5-7)12-16-9-6-14-3-2-10(9)17-12/h2-6H,1H3,(H2,13,15). The number of hydrogen-bond donors (Lipinski definition) is 1. The van der Waals surface area contributed by atoms with Crippen LogP contribution in [0.25, 0.3) is 22.6 Å². The van der Waals surface area contributed by atoms with Crippen molar-refractivity contribution in [2.45, 2.75) is 6.92 Å². The number of rotatable bonds is 1. The molecule has 0 bridgehead atoms. The molecule has 5 heteroatoms. The average Bonchev–Trinajstić information content (AvgIpc) is 2.75. The summed E-state index contributed by atoms with van der Waals surface area (Å²) in [5, 5.41) is 0. The highest BCUT2D eigenvalue weighted by atomic mass is 16.3. The molecule has 3 heterocycles. The minimum atomic E-state index is 0.412. The first kappa shape index (κ1) is 9.77. The van der Waals surface area contributed by atoms with E-state index in [2.05, 4.69) is 15.0 Å². The molecule has 0 aliphatic heterocycles. The average molecular weight is 226 g/mol. The minimum Gasteiger partial charge on any atom is -0.436 e. The molecule has 0 aliphatic carbocycles. The maximum absolute atomic E-state index is 5.82. The summed E-state index contributed by atoms with van der Waals surface area (Å²) >= 11 is 0. The highest BCUT2D eigenvalue weighted by Crippen LogP contribution is 2.27. The third-order valence-electron chi connectivity index (χ3n) is 2.48. The van der Waals surface area contributed by atoms with Gasteiger partial charge in [-0.15, -0.1) is 0 Å². The van der Waals surface area contributed by atoms with Crippen LogP contribution in [0.1, 0.15) is 5.56 Å². The van der Waals surface area contributed by atoms with Gasteiger partial charge in [-0.05, 0) is 18.6 Å². The molecule has 0 atom stereocenters. The van der Waals surface area contributed by atoms with Gasteiger partial charge in [0.15, 0.2) is 5.58 Å². The van der Waals surface area contributed by atoms with Crippen LogP contribution in [0.4, 0.5) is 5.82 Å². The van der Waals surface area contributed by atoms with E-state index in [9.17, 15) is 0 Å². The molecule has 0 saturated heterocycles. The lowest BCUT2D eigenvalue weighted by molar-refractivity contribution is 0.619. The molecule has 0 fully saturated rings. The molecule has 3 aromatic rings. The summed E-state index contributed by atoms with van der Waals surface area (Å²) in [7, 11) is 0. The molecular formula is C12H10N4O. The van der Waals surface area contributed by atoms with Crippen LogP contribution in [0.2, 0.25) is 0 Å². The fourth-order valence-electron chi connectivity index (χ4n) is 1.65. The third kappa shape index (κ3) is 1.61. The summed E-state index contributed by atoms with van der Waals surface area (Å²) in [6, 6.07) is 3.67. The highest BCUT2D eigenvalue weighted by Gasteiger charge is 2.11. The molecule has 0 aliphatic rings. The highest BCUT2D eigenvalue weighted by molar-refractivity contribution is 5.77. The van der Waals surface area contributed by atoms with Gasteiger partial charge in [-0.3, -0.25) is 4.98 Å². The number of aromatic nitrogens is 3. The van der Waals surface area contributed by atoms with Crippen LogP contribution in [-0.2, 0) is 0 Å². The lowest BCUT2D eigenvalue weighted by Crippen LogP contribution is -1.94. The Morgan fingerprint density at radius 3 is 3.00 bits per heavy atom. The summed E-state index contributed by atoms with van der Waals surface area (Å²) in [6.45, 7) is 1.94. The van der Waals surface area contributed by atoms with Gasteiger partial charge in [0, 0.05) is 18.5 Å². The SMILES string of the molecule is Cc1cnc(N)c(-c2nc3cnccc3o2)c1.